The van der Waals surface area contributed by atoms with Gasteiger partial charge in [0.25, 0.3) is 0 Å². The van der Waals surface area contributed by atoms with E-state index < -0.39 is 17.7 Å². The molecule has 0 aromatic heterocycles. The highest BCUT2D eigenvalue weighted by molar-refractivity contribution is 5.76. The molecular formula is C15H21FO3. The average Bonchev–Trinajstić information content (AvgIpc) is 2.38. The molecule has 4 heteroatoms. The van der Waals surface area contributed by atoms with Gasteiger partial charge in [-0.1, -0.05) is 44.2 Å². The van der Waals surface area contributed by atoms with E-state index in [-0.39, 0.29) is 18.9 Å². The molecule has 0 radical (unpaired) electrons. The van der Waals surface area contributed by atoms with Crippen molar-refractivity contribution in [3.05, 3.63) is 35.9 Å². The van der Waals surface area contributed by atoms with E-state index in [1.165, 1.54) is 0 Å². The number of hydrogen-bond donors (Lipinski definition) is 1. The van der Waals surface area contributed by atoms with Crippen molar-refractivity contribution in [2.24, 2.45) is 5.92 Å². The zero-order valence-electron chi connectivity index (χ0n) is 11.6. The van der Waals surface area contributed by atoms with Gasteiger partial charge in [0.15, 0.2) is 0 Å². The summed E-state index contributed by atoms with van der Waals surface area (Å²) < 4.78 is 19.0. The minimum atomic E-state index is -2.09. The highest BCUT2D eigenvalue weighted by Crippen LogP contribution is 2.34. The molecule has 3 nitrogen and oxygen atoms in total. The Morgan fingerprint density at radius 3 is 2.42 bits per heavy atom. The lowest BCUT2D eigenvalue weighted by Crippen LogP contribution is -2.43. The molecule has 0 saturated heterocycles. The van der Waals surface area contributed by atoms with Crippen LogP contribution in [0.2, 0.25) is 0 Å². The lowest BCUT2D eigenvalue weighted by Gasteiger charge is -2.32. The van der Waals surface area contributed by atoms with Crippen LogP contribution in [0.25, 0.3) is 0 Å². The van der Waals surface area contributed by atoms with E-state index in [4.69, 9.17) is 0 Å². The highest BCUT2D eigenvalue weighted by atomic mass is 19.1. The summed E-state index contributed by atoms with van der Waals surface area (Å²) in [6.07, 6.45) is -1.94. The predicted octanol–water partition coefficient (Wildman–Crippen LogP) is 2.82. The standard InChI is InChI=1S/C15H21FO3/c1-4-19-14(17)13(16)15(18,10-11(2)3)12-8-6-5-7-9-12/h5-9,11,13,18H,4,10H2,1-3H3. The second-order valence-electron chi connectivity index (χ2n) is 5.00. The number of carbonyl (C=O) groups excluding carboxylic acids is 1. The summed E-state index contributed by atoms with van der Waals surface area (Å²) in [7, 11) is 0. The molecule has 1 aromatic rings. The van der Waals surface area contributed by atoms with Gasteiger partial charge in [0.05, 0.1) is 6.61 Å². The Bertz CT molecular complexity index is 405. The largest absolute Gasteiger partial charge is 0.464 e. The lowest BCUT2D eigenvalue weighted by molar-refractivity contribution is -0.163. The van der Waals surface area contributed by atoms with E-state index >= 15 is 0 Å². The first kappa shape index (κ1) is 15.6. The zero-order valence-corrected chi connectivity index (χ0v) is 11.6. The van der Waals surface area contributed by atoms with Crippen LogP contribution in [0.15, 0.2) is 30.3 Å². The third-order valence-corrected chi connectivity index (χ3v) is 2.91. The van der Waals surface area contributed by atoms with Crippen LogP contribution in [0, 0.1) is 5.92 Å². The molecule has 1 rings (SSSR count). The quantitative estimate of drug-likeness (QED) is 0.807. The van der Waals surface area contributed by atoms with Crippen LogP contribution in [0.3, 0.4) is 0 Å². The molecule has 0 fully saturated rings. The third kappa shape index (κ3) is 3.77. The molecular weight excluding hydrogens is 247 g/mol. The average molecular weight is 268 g/mol. The fourth-order valence-corrected chi connectivity index (χ4v) is 2.13. The summed E-state index contributed by atoms with van der Waals surface area (Å²) in [5.41, 5.74) is -1.45. The van der Waals surface area contributed by atoms with Crippen molar-refractivity contribution in [1.82, 2.24) is 0 Å². The summed E-state index contributed by atoms with van der Waals surface area (Å²) >= 11 is 0. The molecule has 0 aliphatic rings. The zero-order chi connectivity index (χ0) is 14.5. The number of rotatable bonds is 6. The molecule has 1 aromatic carbocycles. The van der Waals surface area contributed by atoms with Gasteiger partial charge in [-0.2, -0.15) is 0 Å². The predicted molar refractivity (Wildman–Crippen MR) is 71.3 cm³/mol. The van der Waals surface area contributed by atoms with Crippen molar-refractivity contribution >= 4 is 5.97 Å². The van der Waals surface area contributed by atoms with Crippen LogP contribution in [0.4, 0.5) is 4.39 Å². The molecule has 1 N–H and O–H groups in total. The number of esters is 1. The molecule has 0 amide bonds. The fraction of sp³-hybridized carbons (Fsp3) is 0.533. The summed E-state index contributed by atoms with van der Waals surface area (Å²) in [5, 5.41) is 10.6. The van der Waals surface area contributed by atoms with E-state index in [0.29, 0.717) is 5.56 Å². The van der Waals surface area contributed by atoms with Crippen molar-refractivity contribution in [3.63, 3.8) is 0 Å². The first-order valence-corrected chi connectivity index (χ1v) is 6.50. The molecule has 0 spiro atoms. The normalized spacial score (nSPS) is 15.9. The van der Waals surface area contributed by atoms with Gasteiger partial charge in [-0.15, -0.1) is 0 Å². The second-order valence-corrected chi connectivity index (χ2v) is 5.00. The monoisotopic (exact) mass is 268 g/mol. The van der Waals surface area contributed by atoms with E-state index in [2.05, 4.69) is 4.74 Å². The summed E-state index contributed by atoms with van der Waals surface area (Å²) in [4.78, 5) is 11.6. The van der Waals surface area contributed by atoms with Crippen molar-refractivity contribution in [2.45, 2.75) is 39.0 Å². The van der Waals surface area contributed by atoms with Crippen molar-refractivity contribution in [3.8, 4) is 0 Å². The molecule has 0 heterocycles. The Kier molecular flexibility index (Phi) is 5.48. The molecule has 0 bridgehead atoms. The minimum Gasteiger partial charge on any atom is -0.464 e. The maximum Gasteiger partial charge on any atom is 0.344 e. The van der Waals surface area contributed by atoms with Gasteiger partial charge in [-0.25, -0.2) is 9.18 Å². The van der Waals surface area contributed by atoms with E-state index in [9.17, 15) is 14.3 Å². The van der Waals surface area contributed by atoms with Gasteiger partial charge in [0.2, 0.25) is 6.17 Å². The number of benzene rings is 1. The Morgan fingerprint density at radius 2 is 1.95 bits per heavy atom. The Balaban J connectivity index is 3.09. The van der Waals surface area contributed by atoms with Gasteiger partial charge in [-0.3, -0.25) is 0 Å². The summed E-state index contributed by atoms with van der Waals surface area (Å²) in [5.74, 6) is -0.979. The number of hydrogen-bond acceptors (Lipinski definition) is 3. The third-order valence-electron chi connectivity index (χ3n) is 2.91. The molecule has 19 heavy (non-hydrogen) atoms. The van der Waals surface area contributed by atoms with Crippen LogP contribution in [0.5, 0.6) is 0 Å². The van der Waals surface area contributed by atoms with Crippen molar-refractivity contribution in [1.29, 1.82) is 0 Å². The molecule has 2 unspecified atom stereocenters. The number of aliphatic hydroxyl groups is 1. The fourth-order valence-electron chi connectivity index (χ4n) is 2.13. The first-order chi connectivity index (χ1) is 8.91. The lowest BCUT2D eigenvalue weighted by atomic mass is 9.82. The van der Waals surface area contributed by atoms with E-state index in [1.807, 2.05) is 13.8 Å². The van der Waals surface area contributed by atoms with Gasteiger partial charge in [0, 0.05) is 0 Å². The van der Waals surface area contributed by atoms with Crippen LogP contribution in [-0.2, 0) is 15.1 Å². The topological polar surface area (TPSA) is 46.5 Å². The number of halogens is 1. The molecule has 0 aliphatic carbocycles. The van der Waals surface area contributed by atoms with Crippen LogP contribution >= 0.6 is 0 Å². The van der Waals surface area contributed by atoms with Gasteiger partial charge < -0.3 is 9.84 Å². The Labute approximate surface area is 113 Å². The van der Waals surface area contributed by atoms with Crippen molar-refractivity contribution < 1.29 is 19.0 Å². The van der Waals surface area contributed by atoms with Crippen LogP contribution in [-0.4, -0.2) is 23.9 Å². The van der Waals surface area contributed by atoms with Gasteiger partial charge in [0.1, 0.15) is 5.60 Å². The van der Waals surface area contributed by atoms with Gasteiger partial charge in [-0.05, 0) is 24.8 Å². The van der Waals surface area contributed by atoms with E-state index in [1.54, 1.807) is 37.3 Å². The van der Waals surface area contributed by atoms with Crippen LogP contribution < -0.4 is 0 Å². The summed E-state index contributed by atoms with van der Waals surface area (Å²) in [6, 6.07) is 8.43. The minimum absolute atomic E-state index is 0.0397. The molecule has 2 atom stereocenters. The number of carbonyl (C=O) groups is 1. The SMILES string of the molecule is CCOC(=O)C(F)C(O)(CC(C)C)c1ccccc1. The Hall–Kier alpha value is -1.42. The van der Waals surface area contributed by atoms with Gasteiger partial charge >= 0.3 is 5.97 Å². The maximum atomic E-state index is 14.4. The van der Waals surface area contributed by atoms with E-state index in [0.717, 1.165) is 0 Å². The Morgan fingerprint density at radius 1 is 1.37 bits per heavy atom. The van der Waals surface area contributed by atoms with Crippen LogP contribution in [0.1, 0.15) is 32.8 Å². The maximum absolute atomic E-state index is 14.4. The molecule has 106 valence electrons. The number of ether oxygens (including phenoxy) is 1. The first-order valence-electron chi connectivity index (χ1n) is 6.50. The summed E-state index contributed by atoms with van der Waals surface area (Å²) in [6.45, 7) is 5.43. The highest BCUT2D eigenvalue weighted by Gasteiger charge is 2.44. The second kappa shape index (κ2) is 6.66. The number of alkyl halides is 1. The molecule has 0 aliphatic heterocycles. The molecule has 0 saturated carbocycles. The smallest absolute Gasteiger partial charge is 0.344 e. The van der Waals surface area contributed by atoms with Crippen molar-refractivity contribution in [2.75, 3.05) is 6.61 Å².